The van der Waals surface area contributed by atoms with Crippen molar-refractivity contribution in [3.05, 3.63) is 59.6 Å². The summed E-state index contributed by atoms with van der Waals surface area (Å²) in [5, 5.41) is 0.149. The Morgan fingerprint density at radius 1 is 1.08 bits per heavy atom. The van der Waals surface area contributed by atoms with Gasteiger partial charge in [-0.2, -0.15) is 4.98 Å². The number of ether oxygens (including phenoxy) is 1. The predicted molar refractivity (Wildman–Crippen MR) is 90.0 cm³/mol. The minimum atomic E-state index is -3.86. The van der Waals surface area contributed by atoms with E-state index in [0.717, 1.165) is 0 Å². The Morgan fingerprint density at radius 2 is 1.75 bits per heavy atom. The van der Waals surface area contributed by atoms with E-state index in [2.05, 4.69) is 4.98 Å². The molecule has 0 saturated heterocycles. The maximum Gasteiger partial charge on any atom is 0.325 e. The first-order chi connectivity index (χ1) is 11.5. The summed E-state index contributed by atoms with van der Waals surface area (Å²) >= 11 is 6.14. The van der Waals surface area contributed by atoms with Crippen molar-refractivity contribution in [3.8, 4) is 17.4 Å². The molecule has 0 aliphatic rings. The van der Waals surface area contributed by atoms with E-state index in [9.17, 15) is 8.42 Å². The van der Waals surface area contributed by atoms with E-state index in [1.807, 2.05) is 0 Å². The van der Waals surface area contributed by atoms with Gasteiger partial charge in [0.15, 0.2) is 0 Å². The third-order valence-electron chi connectivity index (χ3n) is 3.25. The predicted octanol–water partition coefficient (Wildman–Crippen LogP) is 4.23. The maximum absolute atomic E-state index is 12.8. The van der Waals surface area contributed by atoms with E-state index in [4.69, 9.17) is 20.8 Å². The van der Waals surface area contributed by atoms with Crippen molar-refractivity contribution in [2.75, 3.05) is 6.61 Å². The zero-order valence-corrected chi connectivity index (χ0v) is 14.3. The van der Waals surface area contributed by atoms with E-state index >= 15 is 0 Å². The molecule has 0 atom stereocenters. The van der Waals surface area contributed by atoms with Gasteiger partial charge >= 0.3 is 5.95 Å². The average Bonchev–Trinajstić information content (AvgIpc) is 3.01. The topological polar surface area (TPSA) is 69.4 Å². The van der Waals surface area contributed by atoms with Gasteiger partial charge in [-0.05, 0) is 31.2 Å². The standard InChI is InChI=1S/C17H14ClNO4S/c1-2-22-17-16(24(20,21)12-8-4-3-5-9-12)19-15(23-17)13-10-6-7-11-14(13)18/h3-11H,2H2,1H3. The van der Waals surface area contributed by atoms with Gasteiger partial charge in [-0.1, -0.05) is 41.9 Å². The van der Waals surface area contributed by atoms with Gasteiger partial charge in [-0.3, -0.25) is 0 Å². The molecule has 124 valence electrons. The number of hydrogen-bond acceptors (Lipinski definition) is 5. The van der Waals surface area contributed by atoms with Crippen molar-refractivity contribution in [2.45, 2.75) is 16.8 Å². The van der Waals surface area contributed by atoms with Crippen LogP contribution in [0.4, 0.5) is 0 Å². The fourth-order valence-corrected chi connectivity index (χ4v) is 3.62. The number of halogens is 1. The van der Waals surface area contributed by atoms with Crippen LogP contribution in [0.25, 0.3) is 11.5 Å². The Labute approximate surface area is 144 Å². The van der Waals surface area contributed by atoms with Crippen LogP contribution in [0.2, 0.25) is 5.02 Å². The summed E-state index contributed by atoms with van der Waals surface area (Å²) in [7, 11) is -3.86. The second-order valence-corrected chi connectivity index (χ2v) is 7.11. The monoisotopic (exact) mass is 363 g/mol. The highest BCUT2D eigenvalue weighted by atomic mass is 35.5. The van der Waals surface area contributed by atoms with Gasteiger partial charge in [0.05, 0.1) is 22.1 Å². The molecule has 0 aliphatic carbocycles. The molecule has 0 spiro atoms. The zero-order chi connectivity index (χ0) is 17.2. The normalized spacial score (nSPS) is 11.4. The number of aromatic nitrogens is 1. The minimum Gasteiger partial charge on any atom is -0.463 e. The fourth-order valence-electron chi connectivity index (χ4n) is 2.15. The van der Waals surface area contributed by atoms with Crippen LogP contribution in [0.3, 0.4) is 0 Å². The zero-order valence-electron chi connectivity index (χ0n) is 12.8. The van der Waals surface area contributed by atoms with Gasteiger partial charge < -0.3 is 9.15 Å². The third kappa shape index (κ3) is 3.02. The molecule has 0 unspecified atom stereocenters. The summed E-state index contributed by atoms with van der Waals surface area (Å²) in [5.41, 5.74) is 0.495. The van der Waals surface area contributed by atoms with Gasteiger partial charge in [0, 0.05) is 0 Å². The third-order valence-corrected chi connectivity index (χ3v) is 5.24. The molecule has 0 aliphatic heterocycles. The molecule has 0 radical (unpaired) electrons. The first kappa shape index (κ1) is 16.5. The lowest BCUT2D eigenvalue weighted by Crippen LogP contribution is -2.05. The van der Waals surface area contributed by atoms with Crippen molar-refractivity contribution < 1.29 is 17.6 Å². The summed E-state index contributed by atoms with van der Waals surface area (Å²) in [4.78, 5) is 4.26. The van der Waals surface area contributed by atoms with E-state index in [1.165, 1.54) is 12.1 Å². The lowest BCUT2D eigenvalue weighted by atomic mass is 10.2. The van der Waals surface area contributed by atoms with E-state index in [-0.39, 0.29) is 28.4 Å². The first-order valence-corrected chi connectivity index (χ1v) is 9.09. The molecule has 7 heteroatoms. The van der Waals surface area contributed by atoms with Crippen molar-refractivity contribution in [2.24, 2.45) is 0 Å². The van der Waals surface area contributed by atoms with Crippen molar-refractivity contribution in [1.29, 1.82) is 0 Å². The molecule has 0 amide bonds. The van der Waals surface area contributed by atoms with Crippen LogP contribution < -0.4 is 4.74 Å². The minimum absolute atomic E-state index is 0.0959. The number of hydrogen-bond donors (Lipinski definition) is 0. The van der Waals surface area contributed by atoms with Gasteiger partial charge in [-0.15, -0.1) is 0 Å². The Balaban J connectivity index is 2.16. The quantitative estimate of drug-likeness (QED) is 0.678. The van der Waals surface area contributed by atoms with E-state index < -0.39 is 9.84 Å². The van der Waals surface area contributed by atoms with E-state index in [0.29, 0.717) is 10.6 Å². The lowest BCUT2D eigenvalue weighted by molar-refractivity contribution is 0.251. The average molecular weight is 364 g/mol. The molecule has 3 rings (SSSR count). The molecular formula is C17H14ClNO4S. The smallest absolute Gasteiger partial charge is 0.325 e. The Morgan fingerprint density at radius 3 is 2.42 bits per heavy atom. The van der Waals surface area contributed by atoms with Crippen LogP contribution in [0.15, 0.2) is 68.9 Å². The fraction of sp³-hybridized carbons (Fsp3) is 0.118. The van der Waals surface area contributed by atoms with Gasteiger partial charge in [-0.25, -0.2) is 8.42 Å². The summed E-state index contributed by atoms with van der Waals surface area (Å²) in [5.74, 6) is -0.0465. The highest BCUT2D eigenvalue weighted by Crippen LogP contribution is 2.36. The summed E-state index contributed by atoms with van der Waals surface area (Å²) in [6.07, 6.45) is 0. The van der Waals surface area contributed by atoms with Crippen molar-refractivity contribution in [1.82, 2.24) is 4.98 Å². The molecule has 0 bridgehead atoms. The number of nitrogens with zero attached hydrogens (tertiary/aromatic N) is 1. The molecule has 1 heterocycles. The highest BCUT2D eigenvalue weighted by molar-refractivity contribution is 7.91. The number of sulfone groups is 1. The SMILES string of the molecule is CCOc1oc(-c2ccccc2Cl)nc1S(=O)(=O)c1ccccc1. The Hall–Kier alpha value is -2.31. The molecular weight excluding hydrogens is 350 g/mol. The molecule has 24 heavy (non-hydrogen) atoms. The molecule has 5 nitrogen and oxygen atoms in total. The highest BCUT2D eigenvalue weighted by Gasteiger charge is 2.30. The summed E-state index contributed by atoms with van der Waals surface area (Å²) in [6, 6.07) is 14.9. The Bertz CT molecular complexity index is 952. The molecule has 0 N–H and O–H groups in total. The molecule has 3 aromatic rings. The van der Waals surface area contributed by atoms with Crippen LogP contribution in [-0.4, -0.2) is 20.0 Å². The number of oxazole rings is 1. The maximum atomic E-state index is 12.8. The van der Waals surface area contributed by atoms with E-state index in [1.54, 1.807) is 49.4 Å². The van der Waals surface area contributed by atoms with Crippen LogP contribution >= 0.6 is 11.6 Å². The second-order valence-electron chi connectivity index (χ2n) is 4.84. The Kier molecular flexibility index (Phi) is 4.59. The van der Waals surface area contributed by atoms with Crippen LogP contribution in [0, 0.1) is 0 Å². The summed E-state index contributed by atoms with van der Waals surface area (Å²) < 4.78 is 36.5. The number of benzene rings is 2. The van der Waals surface area contributed by atoms with Gasteiger partial charge in [0.1, 0.15) is 0 Å². The van der Waals surface area contributed by atoms with Crippen LogP contribution in [0.1, 0.15) is 6.92 Å². The molecule has 0 fully saturated rings. The molecule has 2 aromatic carbocycles. The summed E-state index contributed by atoms with van der Waals surface area (Å²) in [6.45, 7) is 1.98. The van der Waals surface area contributed by atoms with Crippen LogP contribution in [0.5, 0.6) is 5.95 Å². The largest absolute Gasteiger partial charge is 0.463 e. The van der Waals surface area contributed by atoms with Crippen LogP contribution in [-0.2, 0) is 9.84 Å². The molecule has 0 saturated carbocycles. The van der Waals surface area contributed by atoms with Gasteiger partial charge in [0.25, 0.3) is 0 Å². The molecule has 1 aromatic heterocycles. The van der Waals surface area contributed by atoms with Crippen molar-refractivity contribution in [3.63, 3.8) is 0 Å². The van der Waals surface area contributed by atoms with Gasteiger partial charge in [0.2, 0.25) is 20.8 Å². The number of rotatable bonds is 5. The van der Waals surface area contributed by atoms with Crippen molar-refractivity contribution >= 4 is 21.4 Å². The lowest BCUT2D eigenvalue weighted by Gasteiger charge is -2.03. The first-order valence-electron chi connectivity index (χ1n) is 7.22. The second kappa shape index (κ2) is 6.67.